The highest BCUT2D eigenvalue weighted by Gasteiger charge is 2.30. The Kier molecular flexibility index (Phi) is 8.82. The Bertz CT molecular complexity index is 1010. The second-order valence-corrected chi connectivity index (χ2v) is 7.87. The lowest BCUT2D eigenvalue weighted by Gasteiger charge is -2.08. The van der Waals surface area contributed by atoms with Gasteiger partial charge in [-0.15, -0.1) is 25.8 Å². The van der Waals surface area contributed by atoms with Crippen molar-refractivity contribution in [1.82, 2.24) is 5.32 Å². The number of amides is 1. The zero-order chi connectivity index (χ0) is 23.0. The Hall–Kier alpha value is -2.65. The zero-order valence-corrected chi connectivity index (χ0v) is 18.9. The molecule has 0 spiro atoms. The first kappa shape index (κ1) is 24.6. The van der Waals surface area contributed by atoms with Gasteiger partial charge in [-0.3, -0.25) is 4.79 Å². The highest BCUT2D eigenvalue weighted by atomic mass is 79.9. The Morgan fingerprint density at radius 2 is 1.68 bits per heavy atom. The van der Waals surface area contributed by atoms with Gasteiger partial charge in [-0.2, -0.15) is 0 Å². The van der Waals surface area contributed by atoms with Crippen LogP contribution in [0.5, 0.6) is 5.75 Å². The lowest BCUT2D eigenvalue weighted by atomic mass is 10.1. The van der Waals surface area contributed by atoms with Crippen molar-refractivity contribution in [3.8, 4) is 5.75 Å². The highest BCUT2D eigenvalue weighted by molar-refractivity contribution is 9.10. The number of aryl methyl sites for hydroxylation is 1. The van der Waals surface area contributed by atoms with Crippen molar-refractivity contribution in [3.05, 3.63) is 87.9 Å². The first-order chi connectivity index (χ1) is 14.5. The zero-order valence-electron chi connectivity index (χ0n) is 16.4. The predicted molar refractivity (Wildman–Crippen MR) is 121 cm³/mol. The number of hydrogen-bond donors (Lipinski definition) is 3. The maximum Gasteiger partial charge on any atom is 0.573 e. The molecule has 0 radical (unpaired) electrons. The van der Waals surface area contributed by atoms with Gasteiger partial charge in [0.1, 0.15) is 5.75 Å². The molecule has 0 saturated heterocycles. The number of alkyl halides is 3. The van der Waals surface area contributed by atoms with Crippen LogP contribution in [-0.2, 0) is 6.54 Å². The third-order valence-corrected chi connectivity index (χ3v) is 4.70. The second-order valence-electron chi connectivity index (χ2n) is 6.44. The van der Waals surface area contributed by atoms with Crippen LogP contribution in [0.3, 0.4) is 0 Å². The topological polar surface area (TPSA) is 64.4 Å². The minimum atomic E-state index is -4.63. The average molecular weight is 513 g/mol. The number of halogens is 4. The molecule has 0 aliphatic heterocycles. The molecule has 3 rings (SSSR count). The maximum atomic E-state index is 12.0. The van der Waals surface area contributed by atoms with Gasteiger partial charge in [0.2, 0.25) is 0 Å². The van der Waals surface area contributed by atoms with Crippen LogP contribution < -0.4 is 15.8 Å². The molecule has 0 aliphatic rings. The molecule has 0 fully saturated rings. The van der Waals surface area contributed by atoms with Crippen LogP contribution in [0.15, 0.2) is 76.1 Å². The second kappa shape index (κ2) is 11.1. The van der Waals surface area contributed by atoms with Crippen molar-refractivity contribution < 1.29 is 22.7 Å². The first-order valence-electron chi connectivity index (χ1n) is 8.97. The number of benzene rings is 3. The Morgan fingerprint density at radius 3 is 2.26 bits per heavy atom. The molecule has 4 nitrogen and oxygen atoms in total. The third kappa shape index (κ3) is 8.94. The summed E-state index contributed by atoms with van der Waals surface area (Å²) in [5.74, 6) is -0.403. The summed E-state index contributed by atoms with van der Waals surface area (Å²) in [7, 11) is 0. The number of nitrogen functional groups attached to an aromatic ring is 1. The molecule has 0 saturated carbocycles. The minimum absolute atomic E-state index is 0.167. The van der Waals surface area contributed by atoms with Gasteiger partial charge < -0.3 is 15.8 Å². The molecule has 0 aliphatic carbocycles. The van der Waals surface area contributed by atoms with Gasteiger partial charge in [-0.1, -0.05) is 45.8 Å². The SMILES string of the molecule is Cc1ccc(CNC(=O)c2cc(Br)ccc2N)cc1.FC(F)(F)Oc1ccc(S)cc1. The lowest BCUT2D eigenvalue weighted by Crippen LogP contribution is -2.23. The van der Waals surface area contributed by atoms with Crippen LogP contribution in [0.1, 0.15) is 21.5 Å². The highest BCUT2D eigenvalue weighted by Crippen LogP contribution is 2.23. The maximum absolute atomic E-state index is 12.0. The molecular formula is C22H20BrF3N2O2S. The summed E-state index contributed by atoms with van der Waals surface area (Å²) in [4.78, 5) is 12.6. The van der Waals surface area contributed by atoms with Crippen molar-refractivity contribution in [2.45, 2.75) is 24.7 Å². The van der Waals surface area contributed by atoms with E-state index in [9.17, 15) is 18.0 Å². The van der Waals surface area contributed by atoms with Gasteiger partial charge in [-0.25, -0.2) is 0 Å². The number of ether oxygens (including phenoxy) is 1. The van der Waals surface area contributed by atoms with E-state index in [1.807, 2.05) is 37.3 Å². The number of carbonyl (C=O) groups is 1. The quantitative estimate of drug-likeness (QED) is 0.290. The predicted octanol–water partition coefficient (Wildman–Crippen LogP) is 6.14. The number of hydrogen-bond acceptors (Lipinski definition) is 4. The Labute approximate surface area is 192 Å². The molecule has 9 heteroatoms. The summed E-state index contributed by atoms with van der Waals surface area (Å²) >= 11 is 7.24. The molecule has 3 N–H and O–H groups in total. The molecule has 3 aromatic rings. The molecular weight excluding hydrogens is 493 g/mol. The third-order valence-electron chi connectivity index (χ3n) is 3.90. The van der Waals surface area contributed by atoms with E-state index in [2.05, 4.69) is 38.6 Å². The van der Waals surface area contributed by atoms with E-state index in [0.29, 0.717) is 22.7 Å². The molecule has 3 aromatic carbocycles. The molecule has 0 bridgehead atoms. The number of anilines is 1. The Balaban J connectivity index is 0.000000245. The lowest BCUT2D eigenvalue weighted by molar-refractivity contribution is -0.274. The molecule has 0 aromatic heterocycles. The van der Waals surface area contributed by atoms with E-state index in [1.54, 1.807) is 12.1 Å². The van der Waals surface area contributed by atoms with Crippen molar-refractivity contribution in [1.29, 1.82) is 0 Å². The monoisotopic (exact) mass is 512 g/mol. The van der Waals surface area contributed by atoms with Gasteiger partial charge >= 0.3 is 6.36 Å². The first-order valence-corrected chi connectivity index (χ1v) is 10.2. The average Bonchev–Trinajstić information content (AvgIpc) is 2.70. The van der Waals surface area contributed by atoms with Crippen molar-refractivity contribution in [2.75, 3.05) is 5.73 Å². The fourth-order valence-electron chi connectivity index (χ4n) is 2.36. The summed E-state index contributed by atoms with van der Waals surface area (Å²) in [6.45, 7) is 2.52. The molecule has 31 heavy (non-hydrogen) atoms. The number of nitrogens with one attached hydrogen (secondary N) is 1. The number of thiol groups is 1. The van der Waals surface area contributed by atoms with Gasteiger partial charge in [0.15, 0.2) is 0 Å². The summed E-state index contributed by atoms with van der Waals surface area (Å²) in [6, 6.07) is 18.5. The van der Waals surface area contributed by atoms with E-state index in [1.165, 1.54) is 29.8 Å². The summed E-state index contributed by atoms with van der Waals surface area (Å²) in [5.41, 5.74) is 9.02. The largest absolute Gasteiger partial charge is 0.573 e. The number of rotatable bonds is 4. The molecule has 164 valence electrons. The van der Waals surface area contributed by atoms with Crippen LogP contribution in [0.4, 0.5) is 18.9 Å². The van der Waals surface area contributed by atoms with E-state index in [4.69, 9.17) is 5.73 Å². The van der Waals surface area contributed by atoms with Crippen molar-refractivity contribution in [2.24, 2.45) is 0 Å². The van der Waals surface area contributed by atoms with Gasteiger partial charge in [0.25, 0.3) is 5.91 Å². The van der Waals surface area contributed by atoms with Gasteiger partial charge in [0, 0.05) is 21.6 Å². The van der Waals surface area contributed by atoms with Crippen LogP contribution in [-0.4, -0.2) is 12.3 Å². The number of nitrogens with two attached hydrogens (primary N) is 1. The van der Waals surface area contributed by atoms with Crippen LogP contribution in [0.2, 0.25) is 0 Å². The van der Waals surface area contributed by atoms with E-state index < -0.39 is 6.36 Å². The molecule has 1 amide bonds. The summed E-state index contributed by atoms with van der Waals surface area (Å²) < 4.78 is 39.3. The van der Waals surface area contributed by atoms with Crippen LogP contribution in [0, 0.1) is 6.92 Å². The normalized spacial score (nSPS) is 10.6. The van der Waals surface area contributed by atoms with E-state index in [0.717, 1.165) is 10.0 Å². The van der Waals surface area contributed by atoms with Crippen LogP contribution >= 0.6 is 28.6 Å². The molecule has 0 heterocycles. The number of carbonyl (C=O) groups excluding carboxylic acids is 1. The summed E-state index contributed by atoms with van der Waals surface area (Å²) in [5, 5.41) is 2.86. The van der Waals surface area contributed by atoms with E-state index in [-0.39, 0.29) is 11.7 Å². The molecule has 0 unspecified atom stereocenters. The smallest absolute Gasteiger partial charge is 0.406 e. The fraction of sp³-hybridized carbons (Fsp3) is 0.136. The Morgan fingerprint density at radius 1 is 1.06 bits per heavy atom. The van der Waals surface area contributed by atoms with E-state index >= 15 is 0 Å². The minimum Gasteiger partial charge on any atom is -0.406 e. The van der Waals surface area contributed by atoms with Crippen molar-refractivity contribution >= 4 is 40.2 Å². The molecule has 0 atom stereocenters. The van der Waals surface area contributed by atoms with Gasteiger partial charge in [0.05, 0.1) is 5.56 Å². The van der Waals surface area contributed by atoms with Crippen LogP contribution in [0.25, 0.3) is 0 Å². The summed E-state index contributed by atoms with van der Waals surface area (Å²) in [6.07, 6.45) is -4.63. The standard InChI is InChI=1S/C15H15BrN2O.C7H5F3OS/c1-10-2-4-11(5-3-10)9-18-15(19)13-8-12(16)6-7-14(13)17;8-7(9,10)11-5-1-3-6(12)4-2-5/h2-8H,9,17H2,1H3,(H,18,19);1-4,12H. The van der Waals surface area contributed by atoms with Gasteiger partial charge in [-0.05, 0) is 55.0 Å². The fourth-order valence-corrected chi connectivity index (χ4v) is 2.87. The van der Waals surface area contributed by atoms with Crippen molar-refractivity contribution in [3.63, 3.8) is 0 Å².